The molecule has 64 valence electrons. The highest BCUT2D eigenvalue weighted by Gasteiger charge is 2.17. The van der Waals surface area contributed by atoms with Crippen LogP contribution in [0.15, 0.2) is 36.9 Å². The third kappa shape index (κ3) is 1.95. The van der Waals surface area contributed by atoms with Crippen LogP contribution >= 0.6 is 0 Å². The van der Waals surface area contributed by atoms with Crippen molar-refractivity contribution in [3.05, 3.63) is 42.5 Å². The lowest BCUT2D eigenvalue weighted by molar-refractivity contribution is 0.144. The first-order valence-electron chi connectivity index (χ1n) is 3.99. The first kappa shape index (κ1) is 9.01. The Morgan fingerprint density at radius 2 is 1.75 bits per heavy atom. The lowest BCUT2D eigenvalue weighted by atomic mass is 9.93. The lowest BCUT2D eigenvalue weighted by Gasteiger charge is -2.20. The minimum Gasteiger partial charge on any atom is -0.386 e. The predicted octanol–water partition coefficient (Wildman–Crippen LogP) is 2.47. The topological polar surface area (TPSA) is 20.2 Å². The summed E-state index contributed by atoms with van der Waals surface area (Å²) in [6.45, 7) is 7.32. The van der Waals surface area contributed by atoms with Crippen LogP contribution in [0.4, 0.5) is 0 Å². The van der Waals surface area contributed by atoms with Crippen molar-refractivity contribution >= 4 is 5.57 Å². The second-order valence-electron chi connectivity index (χ2n) is 3.40. The van der Waals surface area contributed by atoms with Crippen molar-refractivity contribution in [3.8, 4) is 0 Å². The average Bonchev–Trinajstić information content (AvgIpc) is 2.03. The van der Waals surface area contributed by atoms with E-state index in [-0.39, 0.29) is 0 Å². The number of rotatable bonds is 2. The van der Waals surface area contributed by atoms with Gasteiger partial charge in [-0.3, -0.25) is 0 Å². The minimum atomic E-state index is -0.832. The van der Waals surface area contributed by atoms with Crippen LogP contribution in [0.3, 0.4) is 0 Å². The van der Waals surface area contributed by atoms with E-state index in [0.29, 0.717) is 0 Å². The smallest absolute Gasteiger partial charge is 0.0840 e. The molecule has 0 aromatic heterocycles. The van der Waals surface area contributed by atoms with Crippen molar-refractivity contribution in [2.75, 3.05) is 0 Å². The molecule has 1 aromatic carbocycles. The van der Waals surface area contributed by atoms with E-state index in [0.717, 1.165) is 11.1 Å². The molecule has 0 radical (unpaired) electrons. The van der Waals surface area contributed by atoms with Crippen molar-refractivity contribution in [3.63, 3.8) is 0 Å². The normalized spacial score (nSPS) is 11.2. The predicted molar refractivity (Wildman–Crippen MR) is 51.8 cm³/mol. The lowest BCUT2D eigenvalue weighted by Crippen LogP contribution is -2.19. The number of hydrogen-bond donors (Lipinski definition) is 1. The quantitative estimate of drug-likeness (QED) is 0.708. The summed E-state index contributed by atoms with van der Waals surface area (Å²) in [5.41, 5.74) is 0.912. The maximum Gasteiger partial charge on any atom is 0.0840 e. The van der Waals surface area contributed by atoms with Crippen LogP contribution < -0.4 is 0 Å². The highest BCUT2D eigenvalue weighted by Crippen LogP contribution is 2.23. The Labute approximate surface area is 73.4 Å². The van der Waals surface area contributed by atoms with Crippen LogP contribution in [-0.4, -0.2) is 10.7 Å². The van der Waals surface area contributed by atoms with Crippen LogP contribution in [0.2, 0.25) is 0 Å². The summed E-state index contributed by atoms with van der Waals surface area (Å²) in [5, 5.41) is 9.64. The Morgan fingerprint density at radius 3 is 2.17 bits per heavy atom. The molecular formula is C11H14O. The highest BCUT2D eigenvalue weighted by molar-refractivity contribution is 5.68. The SMILES string of the molecule is C=C(c1ccccc1)C(C)(C)O. The average molecular weight is 162 g/mol. The van der Waals surface area contributed by atoms with Crippen LogP contribution in [0, 0.1) is 0 Å². The van der Waals surface area contributed by atoms with Crippen molar-refractivity contribution < 1.29 is 5.11 Å². The zero-order valence-corrected chi connectivity index (χ0v) is 7.54. The van der Waals surface area contributed by atoms with E-state index in [1.54, 1.807) is 13.8 Å². The summed E-state index contributed by atoms with van der Waals surface area (Å²) < 4.78 is 0. The molecule has 0 fully saturated rings. The summed E-state index contributed by atoms with van der Waals surface area (Å²) in [6.07, 6.45) is 0. The first-order valence-corrected chi connectivity index (χ1v) is 3.99. The van der Waals surface area contributed by atoms with Gasteiger partial charge < -0.3 is 5.11 Å². The fraction of sp³-hybridized carbons (Fsp3) is 0.273. The van der Waals surface area contributed by atoms with Gasteiger partial charge in [0.25, 0.3) is 0 Å². The van der Waals surface area contributed by atoms with Gasteiger partial charge in [-0.05, 0) is 25.0 Å². The maximum atomic E-state index is 9.64. The molecule has 0 spiro atoms. The molecule has 0 atom stereocenters. The number of hydrogen-bond acceptors (Lipinski definition) is 1. The Balaban J connectivity index is 2.94. The standard InChI is InChI=1S/C11H14O/c1-9(11(2,3)12)10-7-5-4-6-8-10/h4-8,12H,1H2,2-3H3. The minimum absolute atomic E-state index is 0.753. The molecule has 0 bridgehead atoms. The molecule has 0 heterocycles. The fourth-order valence-corrected chi connectivity index (χ4v) is 0.993. The molecule has 0 saturated carbocycles. The molecule has 0 aliphatic carbocycles. The molecule has 0 aliphatic heterocycles. The number of benzene rings is 1. The Morgan fingerprint density at radius 1 is 1.25 bits per heavy atom. The molecule has 12 heavy (non-hydrogen) atoms. The molecule has 0 unspecified atom stereocenters. The van der Waals surface area contributed by atoms with Crippen LogP contribution in [-0.2, 0) is 0 Å². The summed E-state index contributed by atoms with van der Waals surface area (Å²) in [4.78, 5) is 0. The van der Waals surface area contributed by atoms with E-state index in [2.05, 4.69) is 6.58 Å². The monoisotopic (exact) mass is 162 g/mol. The number of aliphatic hydroxyl groups is 1. The van der Waals surface area contributed by atoms with Gasteiger partial charge >= 0.3 is 0 Å². The third-order valence-electron chi connectivity index (χ3n) is 1.86. The molecular weight excluding hydrogens is 148 g/mol. The molecule has 1 rings (SSSR count). The highest BCUT2D eigenvalue weighted by atomic mass is 16.3. The molecule has 0 saturated heterocycles. The Bertz CT molecular complexity index is 267. The van der Waals surface area contributed by atoms with Crippen molar-refractivity contribution in [2.45, 2.75) is 19.4 Å². The molecule has 1 N–H and O–H groups in total. The van der Waals surface area contributed by atoms with Gasteiger partial charge in [-0.15, -0.1) is 0 Å². The summed E-state index contributed by atoms with van der Waals surface area (Å²) >= 11 is 0. The van der Waals surface area contributed by atoms with E-state index >= 15 is 0 Å². The third-order valence-corrected chi connectivity index (χ3v) is 1.86. The van der Waals surface area contributed by atoms with Gasteiger partial charge in [-0.1, -0.05) is 36.9 Å². The van der Waals surface area contributed by atoms with Gasteiger partial charge in [0.15, 0.2) is 0 Å². The van der Waals surface area contributed by atoms with Crippen LogP contribution in [0.1, 0.15) is 19.4 Å². The van der Waals surface area contributed by atoms with E-state index in [4.69, 9.17) is 0 Å². The van der Waals surface area contributed by atoms with Gasteiger partial charge in [-0.25, -0.2) is 0 Å². The van der Waals surface area contributed by atoms with Gasteiger partial charge in [0, 0.05) is 0 Å². The first-order chi connectivity index (χ1) is 5.52. The van der Waals surface area contributed by atoms with Crippen molar-refractivity contribution in [1.82, 2.24) is 0 Å². The zero-order chi connectivity index (χ0) is 9.19. The summed E-state index contributed by atoms with van der Waals surface area (Å²) in [5.74, 6) is 0. The second-order valence-corrected chi connectivity index (χ2v) is 3.40. The largest absolute Gasteiger partial charge is 0.386 e. The summed E-state index contributed by atoms with van der Waals surface area (Å²) in [7, 11) is 0. The molecule has 1 heteroatoms. The van der Waals surface area contributed by atoms with E-state index in [1.165, 1.54) is 0 Å². The molecule has 0 aliphatic rings. The van der Waals surface area contributed by atoms with E-state index < -0.39 is 5.60 Å². The van der Waals surface area contributed by atoms with E-state index in [1.807, 2.05) is 30.3 Å². The Hall–Kier alpha value is -1.08. The molecule has 1 nitrogen and oxygen atoms in total. The van der Waals surface area contributed by atoms with E-state index in [9.17, 15) is 5.11 Å². The second kappa shape index (κ2) is 3.11. The van der Waals surface area contributed by atoms with Gasteiger partial charge in [-0.2, -0.15) is 0 Å². The van der Waals surface area contributed by atoms with Crippen LogP contribution in [0.25, 0.3) is 5.57 Å². The van der Waals surface area contributed by atoms with Crippen molar-refractivity contribution in [2.24, 2.45) is 0 Å². The van der Waals surface area contributed by atoms with Crippen molar-refractivity contribution in [1.29, 1.82) is 0 Å². The van der Waals surface area contributed by atoms with Gasteiger partial charge in [0.1, 0.15) is 0 Å². The maximum absolute atomic E-state index is 9.64. The van der Waals surface area contributed by atoms with Crippen LogP contribution in [0.5, 0.6) is 0 Å². The molecule has 1 aromatic rings. The van der Waals surface area contributed by atoms with Gasteiger partial charge in [0.05, 0.1) is 5.60 Å². The zero-order valence-electron chi connectivity index (χ0n) is 7.54. The fourth-order valence-electron chi connectivity index (χ4n) is 0.993. The molecule has 0 amide bonds. The Kier molecular flexibility index (Phi) is 2.34. The van der Waals surface area contributed by atoms with Gasteiger partial charge in [0.2, 0.25) is 0 Å². The summed E-state index contributed by atoms with van der Waals surface area (Å²) in [6, 6.07) is 9.71.